The van der Waals surface area contributed by atoms with Gasteiger partial charge in [-0.1, -0.05) is 30.3 Å². The lowest BCUT2D eigenvalue weighted by atomic mass is 9.85. The second-order valence-corrected chi connectivity index (χ2v) is 8.57. The molecule has 1 saturated heterocycles. The van der Waals surface area contributed by atoms with Crippen LogP contribution in [0, 0.1) is 11.8 Å². The fourth-order valence-electron chi connectivity index (χ4n) is 5.08. The number of rotatable bonds is 5. The van der Waals surface area contributed by atoms with Crippen LogP contribution in [0.15, 0.2) is 54.6 Å². The number of ether oxygens (including phenoxy) is 1. The number of methoxy groups -OCH3 is 1. The summed E-state index contributed by atoms with van der Waals surface area (Å²) in [6.07, 6.45) is 3.41. The molecule has 1 unspecified atom stereocenters. The van der Waals surface area contributed by atoms with Crippen LogP contribution in [0.1, 0.15) is 35.3 Å². The smallest absolute Gasteiger partial charge is 0.184 e. The highest BCUT2D eigenvalue weighted by Crippen LogP contribution is 2.35. The molecule has 0 radical (unpaired) electrons. The van der Waals surface area contributed by atoms with Crippen LogP contribution < -0.4 is 4.74 Å². The molecule has 4 nitrogen and oxygen atoms in total. The van der Waals surface area contributed by atoms with E-state index in [4.69, 9.17) is 4.74 Å². The number of piperidine rings is 1. The Hall–Kier alpha value is -2.59. The molecular formula is C25H28N2O2. The number of ketones is 1. The van der Waals surface area contributed by atoms with E-state index in [0.29, 0.717) is 11.7 Å². The summed E-state index contributed by atoms with van der Waals surface area (Å²) in [4.78, 5) is 15.6. The number of hydrogen-bond acceptors (Lipinski definition) is 3. The van der Waals surface area contributed by atoms with Crippen molar-refractivity contribution >= 4 is 16.7 Å². The van der Waals surface area contributed by atoms with Gasteiger partial charge in [-0.05, 0) is 62.0 Å². The van der Waals surface area contributed by atoms with E-state index in [-0.39, 0.29) is 5.92 Å². The highest BCUT2D eigenvalue weighted by molar-refractivity contribution is 6.03. The zero-order chi connectivity index (χ0) is 19.8. The Labute approximate surface area is 172 Å². The summed E-state index contributed by atoms with van der Waals surface area (Å²) in [5, 5.41) is 1.13. The maximum Gasteiger partial charge on any atom is 0.184 e. The van der Waals surface area contributed by atoms with Crippen LogP contribution in [0.25, 0.3) is 10.9 Å². The molecule has 150 valence electrons. The molecule has 1 aromatic heterocycles. The summed E-state index contributed by atoms with van der Waals surface area (Å²) in [5.41, 5.74) is 3.38. The molecule has 2 aliphatic rings. The van der Waals surface area contributed by atoms with Crippen molar-refractivity contribution in [1.29, 1.82) is 0 Å². The van der Waals surface area contributed by atoms with Crippen LogP contribution >= 0.6 is 0 Å². The third-order valence-electron chi connectivity index (χ3n) is 6.71. The van der Waals surface area contributed by atoms with Crippen molar-refractivity contribution in [2.24, 2.45) is 11.8 Å². The van der Waals surface area contributed by atoms with E-state index >= 15 is 0 Å². The summed E-state index contributed by atoms with van der Waals surface area (Å²) in [6.45, 7) is 4.12. The lowest BCUT2D eigenvalue weighted by molar-refractivity contribution is 0.0894. The Balaban J connectivity index is 1.21. The number of carbonyl (C=O) groups excluding carboxylic acids is 1. The van der Waals surface area contributed by atoms with Crippen LogP contribution in [0.2, 0.25) is 0 Å². The molecular weight excluding hydrogens is 360 g/mol. The minimum absolute atomic E-state index is 0.131. The molecule has 29 heavy (non-hydrogen) atoms. The Morgan fingerprint density at radius 1 is 1.03 bits per heavy atom. The number of carbonyl (C=O) groups is 1. The number of nitrogens with zero attached hydrogens (tertiary/aromatic N) is 2. The van der Waals surface area contributed by atoms with Gasteiger partial charge in [0, 0.05) is 30.5 Å². The van der Waals surface area contributed by atoms with Crippen molar-refractivity contribution in [2.45, 2.75) is 32.4 Å². The number of aromatic nitrogens is 1. The van der Waals surface area contributed by atoms with Crippen molar-refractivity contribution < 1.29 is 9.53 Å². The summed E-state index contributed by atoms with van der Waals surface area (Å²) < 4.78 is 7.58. The van der Waals surface area contributed by atoms with Crippen molar-refractivity contribution in [3.05, 3.63) is 65.9 Å². The SMILES string of the molecule is COc1ccc2cc3n(c2c1)CC(CC1CCN(Cc2ccccc2)CC1)C3=O. The van der Waals surface area contributed by atoms with Gasteiger partial charge in [0.25, 0.3) is 0 Å². The first-order valence-corrected chi connectivity index (χ1v) is 10.7. The van der Waals surface area contributed by atoms with Gasteiger partial charge in [0.2, 0.25) is 0 Å². The van der Waals surface area contributed by atoms with Crippen LogP contribution in [-0.2, 0) is 13.1 Å². The van der Waals surface area contributed by atoms with E-state index in [1.807, 2.05) is 12.1 Å². The fourth-order valence-corrected chi connectivity index (χ4v) is 5.08. The molecule has 5 rings (SSSR count). The Bertz CT molecular complexity index is 1020. The summed E-state index contributed by atoms with van der Waals surface area (Å²) in [6, 6.07) is 18.8. The Kier molecular flexibility index (Phi) is 4.88. The van der Waals surface area contributed by atoms with Gasteiger partial charge in [0.1, 0.15) is 5.75 Å². The van der Waals surface area contributed by atoms with Crippen LogP contribution in [-0.4, -0.2) is 35.4 Å². The normalized spacial score (nSPS) is 20.3. The molecule has 4 heteroatoms. The molecule has 3 heterocycles. The largest absolute Gasteiger partial charge is 0.497 e. The third kappa shape index (κ3) is 3.58. The molecule has 2 aliphatic heterocycles. The van der Waals surface area contributed by atoms with Gasteiger partial charge in [-0.2, -0.15) is 0 Å². The molecule has 1 fully saturated rings. The van der Waals surface area contributed by atoms with E-state index in [1.165, 1.54) is 18.4 Å². The maximum absolute atomic E-state index is 13.0. The lowest BCUT2D eigenvalue weighted by Crippen LogP contribution is -2.34. The highest BCUT2D eigenvalue weighted by Gasteiger charge is 2.34. The Morgan fingerprint density at radius 2 is 1.83 bits per heavy atom. The van der Waals surface area contributed by atoms with E-state index in [2.05, 4.69) is 51.9 Å². The van der Waals surface area contributed by atoms with Crippen molar-refractivity contribution in [3.8, 4) is 5.75 Å². The van der Waals surface area contributed by atoms with Crippen LogP contribution in [0.5, 0.6) is 5.75 Å². The number of Topliss-reactive ketones (excluding diaryl/α,β-unsaturated/α-hetero) is 1. The van der Waals surface area contributed by atoms with Gasteiger partial charge in [-0.25, -0.2) is 0 Å². The number of hydrogen-bond donors (Lipinski definition) is 0. The molecule has 0 spiro atoms. The maximum atomic E-state index is 13.0. The zero-order valence-corrected chi connectivity index (χ0v) is 17.0. The standard InChI is InChI=1S/C25H28N2O2/c1-29-22-8-7-20-14-24-25(28)21(17-27(24)23(20)15-22)13-18-9-11-26(12-10-18)16-19-5-3-2-4-6-19/h2-8,14-15,18,21H,9-13,16-17H2,1H3. The van der Waals surface area contributed by atoms with Crippen molar-refractivity contribution in [3.63, 3.8) is 0 Å². The predicted molar refractivity (Wildman–Crippen MR) is 115 cm³/mol. The monoisotopic (exact) mass is 388 g/mol. The third-order valence-corrected chi connectivity index (χ3v) is 6.71. The van der Waals surface area contributed by atoms with Crippen LogP contribution in [0.4, 0.5) is 0 Å². The minimum Gasteiger partial charge on any atom is -0.497 e. The first-order chi connectivity index (χ1) is 14.2. The number of benzene rings is 2. The summed E-state index contributed by atoms with van der Waals surface area (Å²) in [5.74, 6) is 1.96. The van der Waals surface area contributed by atoms with E-state index in [0.717, 1.165) is 54.9 Å². The van der Waals surface area contributed by atoms with Gasteiger partial charge in [-0.15, -0.1) is 0 Å². The molecule has 0 bridgehead atoms. The molecule has 2 aromatic carbocycles. The second-order valence-electron chi connectivity index (χ2n) is 8.57. The minimum atomic E-state index is 0.131. The van der Waals surface area contributed by atoms with Crippen molar-refractivity contribution in [1.82, 2.24) is 9.47 Å². The van der Waals surface area contributed by atoms with Gasteiger partial charge in [0.15, 0.2) is 5.78 Å². The molecule has 0 aliphatic carbocycles. The fraction of sp³-hybridized carbons (Fsp3) is 0.400. The molecule has 3 aromatic rings. The second kappa shape index (κ2) is 7.68. The van der Waals surface area contributed by atoms with Crippen molar-refractivity contribution in [2.75, 3.05) is 20.2 Å². The number of likely N-dealkylation sites (tertiary alicyclic amines) is 1. The average Bonchev–Trinajstić information content (AvgIpc) is 3.26. The van der Waals surface area contributed by atoms with Gasteiger partial charge >= 0.3 is 0 Å². The predicted octanol–water partition coefficient (Wildman–Crippen LogP) is 4.76. The van der Waals surface area contributed by atoms with Crippen LogP contribution in [0.3, 0.4) is 0 Å². The van der Waals surface area contributed by atoms with Gasteiger partial charge < -0.3 is 9.30 Å². The van der Waals surface area contributed by atoms with E-state index < -0.39 is 0 Å². The first-order valence-electron chi connectivity index (χ1n) is 10.7. The Morgan fingerprint density at radius 3 is 2.59 bits per heavy atom. The first kappa shape index (κ1) is 18.4. The molecule has 0 amide bonds. The van der Waals surface area contributed by atoms with Gasteiger partial charge in [0.05, 0.1) is 18.3 Å². The summed E-state index contributed by atoms with van der Waals surface area (Å²) >= 11 is 0. The van der Waals surface area contributed by atoms with Gasteiger partial charge in [-0.3, -0.25) is 9.69 Å². The molecule has 1 atom stereocenters. The average molecular weight is 389 g/mol. The molecule has 0 N–H and O–H groups in total. The number of fused-ring (bicyclic) bond motifs is 3. The van der Waals surface area contributed by atoms with E-state index in [9.17, 15) is 4.79 Å². The lowest BCUT2D eigenvalue weighted by Gasteiger charge is -2.32. The zero-order valence-electron chi connectivity index (χ0n) is 17.0. The quantitative estimate of drug-likeness (QED) is 0.632. The highest BCUT2D eigenvalue weighted by atomic mass is 16.5. The molecule has 0 saturated carbocycles. The topological polar surface area (TPSA) is 34.5 Å². The summed E-state index contributed by atoms with van der Waals surface area (Å²) in [7, 11) is 1.69. The van der Waals surface area contributed by atoms with E-state index in [1.54, 1.807) is 7.11 Å².